The van der Waals surface area contributed by atoms with Gasteiger partial charge in [0.1, 0.15) is 17.3 Å². The Morgan fingerprint density at radius 3 is 3.09 bits per heavy atom. The van der Waals surface area contributed by atoms with Crippen molar-refractivity contribution in [2.45, 2.75) is 11.5 Å². The molecule has 0 N–H and O–H groups in total. The van der Waals surface area contributed by atoms with E-state index in [1.807, 2.05) is 12.1 Å². The molecule has 3 heteroatoms. The lowest BCUT2D eigenvalue weighted by Crippen LogP contribution is -1.73. The molecule has 11 heavy (non-hydrogen) atoms. The van der Waals surface area contributed by atoms with Crippen molar-refractivity contribution in [1.82, 2.24) is 0 Å². The smallest absolute Gasteiger partial charge is 0.140 e. The quantitative estimate of drug-likeness (QED) is 0.597. The lowest BCUT2D eigenvalue weighted by atomic mass is 10.3. The standard InChI is InChI=1S/C8H6O2S/c1-2-5(9-3-1)7-4-6-8(10-6)11-7/h1-4,6,8H. The summed E-state index contributed by atoms with van der Waals surface area (Å²) in [5, 5.41) is 0. The van der Waals surface area contributed by atoms with Gasteiger partial charge in [-0.15, -0.1) is 0 Å². The topological polar surface area (TPSA) is 25.7 Å². The molecule has 56 valence electrons. The minimum atomic E-state index is 0.361. The molecule has 0 amide bonds. The first-order valence-corrected chi connectivity index (χ1v) is 4.39. The minimum Gasteiger partial charge on any atom is -0.464 e. The van der Waals surface area contributed by atoms with Crippen LogP contribution in [0.4, 0.5) is 0 Å². The molecule has 2 nitrogen and oxygen atoms in total. The maximum atomic E-state index is 5.24. The van der Waals surface area contributed by atoms with Gasteiger partial charge in [0.15, 0.2) is 0 Å². The largest absolute Gasteiger partial charge is 0.464 e. The summed E-state index contributed by atoms with van der Waals surface area (Å²) in [4.78, 5) is 1.22. The van der Waals surface area contributed by atoms with Crippen LogP contribution in [-0.2, 0) is 4.74 Å². The van der Waals surface area contributed by atoms with E-state index in [9.17, 15) is 0 Å². The fourth-order valence-electron chi connectivity index (χ4n) is 1.19. The van der Waals surface area contributed by atoms with Crippen molar-refractivity contribution < 1.29 is 9.15 Å². The van der Waals surface area contributed by atoms with Crippen LogP contribution in [-0.4, -0.2) is 11.5 Å². The average molecular weight is 166 g/mol. The Morgan fingerprint density at radius 1 is 1.45 bits per heavy atom. The highest BCUT2D eigenvalue weighted by molar-refractivity contribution is 8.09. The summed E-state index contributed by atoms with van der Waals surface area (Å²) >= 11 is 1.74. The van der Waals surface area contributed by atoms with Crippen molar-refractivity contribution in [2.75, 3.05) is 0 Å². The van der Waals surface area contributed by atoms with Gasteiger partial charge < -0.3 is 9.15 Å². The summed E-state index contributed by atoms with van der Waals surface area (Å²) in [6.45, 7) is 0. The molecule has 1 aromatic rings. The Balaban J connectivity index is 1.96. The van der Waals surface area contributed by atoms with Gasteiger partial charge in [-0.25, -0.2) is 0 Å². The molecule has 2 unspecified atom stereocenters. The molecule has 0 spiro atoms. The van der Waals surface area contributed by atoms with Crippen molar-refractivity contribution in [1.29, 1.82) is 0 Å². The van der Waals surface area contributed by atoms with Crippen LogP contribution < -0.4 is 0 Å². The maximum absolute atomic E-state index is 5.24. The summed E-state index contributed by atoms with van der Waals surface area (Å²) < 4.78 is 10.5. The van der Waals surface area contributed by atoms with Crippen LogP contribution in [0.15, 0.2) is 28.9 Å². The van der Waals surface area contributed by atoms with E-state index in [1.54, 1.807) is 18.0 Å². The number of rotatable bonds is 1. The van der Waals surface area contributed by atoms with Crippen molar-refractivity contribution in [2.24, 2.45) is 0 Å². The number of fused-ring (bicyclic) bond motifs is 1. The van der Waals surface area contributed by atoms with E-state index in [0.717, 1.165) is 5.76 Å². The molecule has 1 fully saturated rings. The number of thioether (sulfide) groups is 1. The molecule has 0 radical (unpaired) electrons. The molecule has 0 saturated carbocycles. The van der Waals surface area contributed by atoms with E-state index in [-0.39, 0.29) is 0 Å². The van der Waals surface area contributed by atoms with Crippen molar-refractivity contribution >= 4 is 16.7 Å². The van der Waals surface area contributed by atoms with Crippen molar-refractivity contribution in [3.05, 3.63) is 30.2 Å². The molecule has 1 aromatic heterocycles. The molecule has 2 aliphatic heterocycles. The van der Waals surface area contributed by atoms with Gasteiger partial charge in [0.25, 0.3) is 0 Å². The van der Waals surface area contributed by atoms with Crippen molar-refractivity contribution in [3.63, 3.8) is 0 Å². The van der Waals surface area contributed by atoms with E-state index >= 15 is 0 Å². The Morgan fingerprint density at radius 2 is 2.45 bits per heavy atom. The monoisotopic (exact) mass is 166 g/mol. The summed E-state index contributed by atoms with van der Waals surface area (Å²) in [5.74, 6) is 0.964. The highest BCUT2D eigenvalue weighted by Gasteiger charge is 2.44. The van der Waals surface area contributed by atoms with E-state index in [0.29, 0.717) is 11.5 Å². The second kappa shape index (κ2) is 1.93. The third-order valence-electron chi connectivity index (χ3n) is 1.81. The zero-order chi connectivity index (χ0) is 7.26. The number of ether oxygens (including phenoxy) is 1. The van der Waals surface area contributed by atoms with Crippen LogP contribution in [0.25, 0.3) is 4.91 Å². The zero-order valence-corrected chi connectivity index (χ0v) is 6.51. The third-order valence-corrected chi connectivity index (χ3v) is 3.01. The molecule has 0 aromatic carbocycles. The number of hydrogen-bond donors (Lipinski definition) is 0. The van der Waals surface area contributed by atoms with Gasteiger partial charge in [0, 0.05) is 0 Å². The Labute approximate surface area is 68.2 Å². The molecule has 1 saturated heterocycles. The van der Waals surface area contributed by atoms with Gasteiger partial charge in [-0.2, -0.15) is 0 Å². The Kier molecular flexibility index (Phi) is 1.04. The molecular formula is C8H6O2S. The number of hydrogen-bond acceptors (Lipinski definition) is 3. The minimum absolute atomic E-state index is 0.361. The lowest BCUT2D eigenvalue weighted by molar-refractivity contribution is 0.427. The summed E-state index contributed by atoms with van der Waals surface area (Å²) in [6, 6.07) is 3.88. The van der Waals surface area contributed by atoms with Gasteiger partial charge in [-0.05, 0) is 18.2 Å². The van der Waals surface area contributed by atoms with Gasteiger partial charge >= 0.3 is 0 Å². The summed E-state index contributed by atoms with van der Waals surface area (Å²) in [6.07, 6.45) is 4.18. The predicted molar refractivity (Wildman–Crippen MR) is 42.9 cm³/mol. The lowest BCUT2D eigenvalue weighted by Gasteiger charge is -1.95. The normalized spacial score (nSPS) is 33.3. The molecule has 3 heterocycles. The van der Waals surface area contributed by atoms with Crippen LogP contribution in [0.3, 0.4) is 0 Å². The maximum Gasteiger partial charge on any atom is 0.140 e. The fourth-order valence-corrected chi connectivity index (χ4v) is 2.29. The van der Waals surface area contributed by atoms with Gasteiger partial charge in [0.2, 0.25) is 0 Å². The van der Waals surface area contributed by atoms with E-state index in [4.69, 9.17) is 9.15 Å². The van der Waals surface area contributed by atoms with E-state index in [1.165, 1.54) is 4.91 Å². The highest BCUT2D eigenvalue weighted by Crippen LogP contribution is 2.49. The average Bonchev–Trinajstić information content (AvgIpc) is 2.60. The molecule has 0 aliphatic carbocycles. The fraction of sp³-hybridized carbons (Fsp3) is 0.250. The van der Waals surface area contributed by atoms with Crippen LogP contribution in [0, 0.1) is 0 Å². The molecule has 3 rings (SSSR count). The van der Waals surface area contributed by atoms with E-state index in [2.05, 4.69) is 6.08 Å². The van der Waals surface area contributed by atoms with Crippen LogP contribution >= 0.6 is 11.8 Å². The third kappa shape index (κ3) is 0.847. The first kappa shape index (κ1) is 5.91. The van der Waals surface area contributed by atoms with Crippen LogP contribution in [0.1, 0.15) is 5.76 Å². The molecule has 2 aliphatic rings. The zero-order valence-electron chi connectivity index (χ0n) is 5.69. The first-order valence-electron chi connectivity index (χ1n) is 3.51. The molecule has 0 bridgehead atoms. The van der Waals surface area contributed by atoms with E-state index < -0.39 is 0 Å². The van der Waals surface area contributed by atoms with Gasteiger partial charge in [-0.3, -0.25) is 0 Å². The summed E-state index contributed by atoms with van der Waals surface area (Å²) in [7, 11) is 0. The highest BCUT2D eigenvalue weighted by atomic mass is 32.2. The summed E-state index contributed by atoms with van der Waals surface area (Å²) in [5.41, 5.74) is 0.384. The van der Waals surface area contributed by atoms with Crippen molar-refractivity contribution in [3.8, 4) is 0 Å². The second-order valence-electron chi connectivity index (χ2n) is 2.60. The number of epoxide rings is 1. The first-order chi connectivity index (χ1) is 5.43. The Hall–Kier alpha value is -0.670. The SMILES string of the molecule is C1=C(c2ccco2)SC2OC12. The van der Waals surface area contributed by atoms with Crippen LogP contribution in [0.5, 0.6) is 0 Å². The second-order valence-corrected chi connectivity index (χ2v) is 3.74. The number of furan rings is 1. The van der Waals surface area contributed by atoms with Gasteiger partial charge in [0.05, 0.1) is 11.2 Å². The molecular weight excluding hydrogens is 160 g/mol. The van der Waals surface area contributed by atoms with Crippen LogP contribution in [0.2, 0.25) is 0 Å². The van der Waals surface area contributed by atoms with Gasteiger partial charge in [-0.1, -0.05) is 11.8 Å². The predicted octanol–water partition coefficient (Wildman–Crippen LogP) is 2.09. The molecule has 2 atom stereocenters. The Bertz CT molecular complexity index is 302.